The van der Waals surface area contributed by atoms with Crippen LogP contribution in [0.15, 0.2) is 54.6 Å². The van der Waals surface area contributed by atoms with E-state index in [1.54, 1.807) is 17.0 Å². The molecular formula is C19H20N2O3. The number of hydrogen-bond donors (Lipinski definition) is 0. The molecule has 0 saturated heterocycles. The smallest absolute Gasteiger partial charge is 0.282 e. The molecule has 1 aliphatic carbocycles. The molecule has 1 atom stereocenters. The fourth-order valence-corrected chi connectivity index (χ4v) is 2.98. The minimum Gasteiger partial charge on any atom is -0.331 e. The molecule has 3 rings (SSSR count). The molecule has 2 aromatic carbocycles. The minimum atomic E-state index is -0.490. The number of nitro groups is 1. The largest absolute Gasteiger partial charge is 0.331 e. The SMILES string of the molecule is CC(C1CC1)N(Cc1ccccc1)C(=O)c1ccccc1[N+](=O)[O-]. The van der Waals surface area contributed by atoms with E-state index in [0.717, 1.165) is 18.4 Å². The summed E-state index contributed by atoms with van der Waals surface area (Å²) >= 11 is 0. The average molecular weight is 324 g/mol. The third-order valence-corrected chi connectivity index (χ3v) is 4.58. The molecule has 1 saturated carbocycles. The highest BCUT2D eigenvalue weighted by molar-refractivity contribution is 5.98. The molecular weight excluding hydrogens is 304 g/mol. The zero-order valence-electron chi connectivity index (χ0n) is 13.6. The van der Waals surface area contributed by atoms with Gasteiger partial charge in [-0.25, -0.2) is 0 Å². The van der Waals surface area contributed by atoms with E-state index in [0.29, 0.717) is 12.5 Å². The Morgan fingerprint density at radius 1 is 1.17 bits per heavy atom. The van der Waals surface area contributed by atoms with Gasteiger partial charge in [0.25, 0.3) is 11.6 Å². The predicted molar refractivity (Wildman–Crippen MR) is 91.6 cm³/mol. The molecule has 5 heteroatoms. The zero-order valence-corrected chi connectivity index (χ0v) is 13.6. The Hall–Kier alpha value is -2.69. The lowest BCUT2D eigenvalue weighted by Gasteiger charge is -2.29. The van der Waals surface area contributed by atoms with Crippen molar-refractivity contribution in [3.63, 3.8) is 0 Å². The van der Waals surface area contributed by atoms with E-state index < -0.39 is 4.92 Å². The number of benzene rings is 2. The molecule has 0 spiro atoms. The summed E-state index contributed by atoms with van der Waals surface area (Å²) < 4.78 is 0. The molecule has 1 unspecified atom stereocenters. The summed E-state index contributed by atoms with van der Waals surface area (Å²) in [5.41, 5.74) is 1.05. The van der Waals surface area contributed by atoms with Gasteiger partial charge < -0.3 is 4.90 Å². The summed E-state index contributed by atoms with van der Waals surface area (Å²) in [5.74, 6) is 0.214. The average Bonchev–Trinajstić information content (AvgIpc) is 3.44. The molecule has 1 aliphatic rings. The number of carbonyl (C=O) groups excluding carboxylic acids is 1. The molecule has 0 aliphatic heterocycles. The Kier molecular flexibility index (Phi) is 4.60. The summed E-state index contributed by atoms with van der Waals surface area (Å²) in [7, 11) is 0. The summed E-state index contributed by atoms with van der Waals surface area (Å²) in [6.07, 6.45) is 2.22. The standard InChI is InChI=1S/C19H20N2O3/c1-14(16-11-12-16)20(13-15-7-3-2-4-8-15)19(22)17-9-5-6-10-18(17)21(23)24/h2-10,14,16H,11-13H2,1H3. The first kappa shape index (κ1) is 16.2. The van der Waals surface area contributed by atoms with Crippen molar-refractivity contribution in [3.05, 3.63) is 75.8 Å². The summed E-state index contributed by atoms with van der Waals surface area (Å²) in [6.45, 7) is 2.50. The van der Waals surface area contributed by atoms with Gasteiger partial charge in [0.15, 0.2) is 0 Å². The molecule has 1 fully saturated rings. The van der Waals surface area contributed by atoms with Crippen LogP contribution in [-0.2, 0) is 6.54 Å². The number of carbonyl (C=O) groups is 1. The lowest BCUT2D eigenvalue weighted by Crippen LogP contribution is -2.39. The number of para-hydroxylation sites is 1. The van der Waals surface area contributed by atoms with E-state index in [4.69, 9.17) is 0 Å². The maximum absolute atomic E-state index is 13.1. The van der Waals surface area contributed by atoms with Gasteiger partial charge in [0, 0.05) is 18.7 Å². The summed E-state index contributed by atoms with van der Waals surface area (Å²) in [4.78, 5) is 25.6. The van der Waals surface area contributed by atoms with Crippen LogP contribution in [0.3, 0.4) is 0 Å². The van der Waals surface area contributed by atoms with Gasteiger partial charge in [0.1, 0.15) is 5.56 Å². The van der Waals surface area contributed by atoms with Crippen LogP contribution in [-0.4, -0.2) is 21.8 Å². The van der Waals surface area contributed by atoms with Gasteiger partial charge >= 0.3 is 0 Å². The number of hydrogen-bond acceptors (Lipinski definition) is 3. The summed E-state index contributed by atoms with van der Waals surface area (Å²) in [5, 5.41) is 11.3. The van der Waals surface area contributed by atoms with E-state index in [2.05, 4.69) is 0 Å². The molecule has 0 heterocycles. The molecule has 5 nitrogen and oxygen atoms in total. The highest BCUT2D eigenvalue weighted by Crippen LogP contribution is 2.36. The van der Waals surface area contributed by atoms with Gasteiger partial charge in [-0.05, 0) is 37.3 Å². The van der Waals surface area contributed by atoms with Crippen LogP contribution in [0.4, 0.5) is 5.69 Å². The molecule has 1 amide bonds. The Labute approximate surface area is 141 Å². The highest BCUT2D eigenvalue weighted by Gasteiger charge is 2.36. The molecule has 0 N–H and O–H groups in total. The van der Waals surface area contributed by atoms with Gasteiger partial charge in [-0.15, -0.1) is 0 Å². The quantitative estimate of drug-likeness (QED) is 0.595. The monoisotopic (exact) mass is 324 g/mol. The van der Waals surface area contributed by atoms with Crippen LogP contribution in [0.2, 0.25) is 0 Å². The molecule has 0 aromatic heterocycles. The van der Waals surface area contributed by atoms with Crippen molar-refractivity contribution < 1.29 is 9.72 Å². The van der Waals surface area contributed by atoms with E-state index in [-0.39, 0.29) is 23.2 Å². The van der Waals surface area contributed by atoms with Crippen molar-refractivity contribution in [2.24, 2.45) is 5.92 Å². The first-order valence-corrected chi connectivity index (χ1v) is 8.16. The molecule has 0 radical (unpaired) electrons. The number of nitro benzene ring substituents is 1. The second kappa shape index (κ2) is 6.83. The van der Waals surface area contributed by atoms with E-state index in [9.17, 15) is 14.9 Å². The van der Waals surface area contributed by atoms with Crippen molar-refractivity contribution in [1.29, 1.82) is 0 Å². The van der Waals surface area contributed by atoms with Gasteiger partial charge in [-0.1, -0.05) is 42.5 Å². The van der Waals surface area contributed by atoms with E-state index in [1.807, 2.05) is 37.3 Å². The van der Waals surface area contributed by atoms with Crippen molar-refractivity contribution in [2.75, 3.05) is 0 Å². The van der Waals surface area contributed by atoms with Crippen LogP contribution in [0.1, 0.15) is 35.7 Å². The Balaban J connectivity index is 1.93. The molecule has 24 heavy (non-hydrogen) atoms. The number of nitrogens with zero attached hydrogens (tertiary/aromatic N) is 2. The lowest BCUT2D eigenvalue weighted by atomic mass is 10.1. The Morgan fingerprint density at radius 2 is 1.79 bits per heavy atom. The van der Waals surface area contributed by atoms with Gasteiger partial charge in [0.2, 0.25) is 0 Å². The van der Waals surface area contributed by atoms with Gasteiger partial charge in [0.05, 0.1) is 4.92 Å². The van der Waals surface area contributed by atoms with Crippen molar-refractivity contribution in [3.8, 4) is 0 Å². The topological polar surface area (TPSA) is 63.5 Å². The Bertz CT molecular complexity index is 741. The summed E-state index contributed by atoms with van der Waals surface area (Å²) in [6, 6.07) is 16.0. The predicted octanol–water partition coefficient (Wildman–Crippen LogP) is 4.04. The van der Waals surface area contributed by atoms with Crippen LogP contribution < -0.4 is 0 Å². The van der Waals surface area contributed by atoms with Gasteiger partial charge in [-0.3, -0.25) is 14.9 Å². The Morgan fingerprint density at radius 3 is 2.42 bits per heavy atom. The fraction of sp³-hybridized carbons (Fsp3) is 0.316. The second-order valence-corrected chi connectivity index (χ2v) is 6.27. The number of rotatable bonds is 6. The van der Waals surface area contributed by atoms with Crippen molar-refractivity contribution in [1.82, 2.24) is 4.90 Å². The van der Waals surface area contributed by atoms with E-state index >= 15 is 0 Å². The third kappa shape index (κ3) is 3.45. The maximum atomic E-state index is 13.1. The van der Waals surface area contributed by atoms with Crippen LogP contribution in [0.25, 0.3) is 0 Å². The van der Waals surface area contributed by atoms with Gasteiger partial charge in [-0.2, -0.15) is 0 Å². The maximum Gasteiger partial charge on any atom is 0.282 e. The van der Waals surface area contributed by atoms with E-state index in [1.165, 1.54) is 12.1 Å². The lowest BCUT2D eigenvalue weighted by molar-refractivity contribution is -0.385. The van der Waals surface area contributed by atoms with Crippen molar-refractivity contribution in [2.45, 2.75) is 32.4 Å². The van der Waals surface area contributed by atoms with Crippen molar-refractivity contribution >= 4 is 11.6 Å². The zero-order chi connectivity index (χ0) is 17.1. The first-order valence-electron chi connectivity index (χ1n) is 8.16. The molecule has 0 bridgehead atoms. The molecule has 124 valence electrons. The third-order valence-electron chi connectivity index (χ3n) is 4.58. The molecule has 2 aromatic rings. The van der Waals surface area contributed by atoms with Crippen LogP contribution in [0, 0.1) is 16.0 Å². The highest BCUT2D eigenvalue weighted by atomic mass is 16.6. The second-order valence-electron chi connectivity index (χ2n) is 6.27. The van der Waals surface area contributed by atoms with Crippen LogP contribution in [0.5, 0.6) is 0 Å². The van der Waals surface area contributed by atoms with Crippen LogP contribution >= 0.6 is 0 Å². The number of amides is 1. The fourth-order valence-electron chi connectivity index (χ4n) is 2.98. The first-order chi connectivity index (χ1) is 11.6. The minimum absolute atomic E-state index is 0.0671. The normalized spacial score (nSPS) is 14.9.